The molecule has 1 aromatic rings. The summed E-state index contributed by atoms with van der Waals surface area (Å²) in [5.41, 5.74) is 7.26. The SMILES string of the molecule is CN1CCC(CCN=C(N)NC2CCOc3ccccc32)CC1. The van der Waals surface area contributed by atoms with Crippen molar-refractivity contribution in [1.29, 1.82) is 0 Å². The summed E-state index contributed by atoms with van der Waals surface area (Å²) in [6.45, 7) is 3.96. The molecule has 2 aliphatic heterocycles. The predicted molar refractivity (Wildman–Crippen MR) is 93.8 cm³/mol. The number of nitrogens with one attached hydrogen (secondary N) is 1. The van der Waals surface area contributed by atoms with E-state index in [-0.39, 0.29) is 6.04 Å². The summed E-state index contributed by atoms with van der Waals surface area (Å²) < 4.78 is 5.68. The lowest BCUT2D eigenvalue weighted by Crippen LogP contribution is -2.37. The Morgan fingerprint density at radius 3 is 2.91 bits per heavy atom. The molecule has 5 nitrogen and oxygen atoms in total. The van der Waals surface area contributed by atoms with Crippen LogP contribution in [0.5, 0.6) is 5.75 Å². The van der Waals surface area contributed by atoms with E-state index in [9.17, 15) is 0 Å². The van der Waals surface area contributed by atoms with Crippen molar-refractivity contribution in [2.45, 2.75) is 31.7 Å². The summed E-state index contributed by atoms with van der Waals surface area (Å²) in [5, 5.41) is 3.36. The minimum absolute atomic E-state index is 0.201. The Hall–Kier alpha value is -1.75. The van der Waals surface area contributed by atoms with E-state index in [0.717, 1.165) is 37.7 Å². The third kappa shape index (κ3) is 4.38. The number of nitrogens with two attached hydrogens (primary N) is 1. The van der Waals surface area contributed by atoms with Crippen molar-refractivity contribution >= 4 is 5.96 Å². The first-order valence-electron chi connectivity index (χ1n) is 8.69. The van der Waals surface area contributed by atoms with Crippen LogP contribution in [0, 0.1) is 5.92 Å². The van der Waals surface area contributed by atoms with Gasteiger partial charge in [0.2, 0.25) is 0 Å². The predicted octanol–water partition coefficient (Wildman–Crippen LogP) is 2.15. The molecule has 23 heavy (non-hydrogen) atoms. The minimum Gasteiger partial charge on any atom is -0.493 e. The van der Waals surface area contributed by atoms with E-state index in [0.29, 0.717) is 5.96 Å². The van der Waals surface area contributed by atoms with Crippen LogP contribution in [0.2, 0.25) is 0 Å². The van der Waals surface area contributed by atoms with Crippen LogP contribution in [-0.2, 0) is 0 Å². The van der Waals surface area contributed by atoms with Gasteiger partial charge in [0.1, 0.15) is 5.75 Å². The highest BCUT2D eigenvalue weighted by atomic mass is 16.5. The lowest BCUT2D eigenvalue weighted by atomic mass is 9.94. The molecule has 1 aromatic carbocycles. The Balaban J connectivity index is 1.48. The van der Waals surface area contributed by atoms with Gasteiger partial charge >= 0.3 is 0 Å². The molecule has 1 atom stereocenters. The number of guanidine groups is 1. The van der Waals surface area contributed by atoms with Crippen molar-refractivity contribution in [2.24, 2.45) is 16.6 Å². The molecule has 0 bridgehead atoms. The van der Waals surface area contributed by atoms with Crippen molar-refractivity contribution < 1.29 is 4.74 Å². The lowest BCUT2D eigenvalue weighted by Gasteiger charge is -2.28. The smallest absolute Gasteiger partial charge is 0.189 e. The maximum Gasteiger partial charge on any atom is 0.189 e. The van der Waals surface area contributed by atoms with Gasteiger partial charge in [-0.3, -0.25) is 4.99 Å². The van der Waals surface area contributed by atoms with Gasteiger partial charge in [0, 0.05) is 18.5 Å². The Morgan fingerprint density at radius 1 is 1.30 bits per heavy atom. The number of likely N-dealkylation sites (tertiary alicyclic amines) is 1. The van der Waals surface area contributed by atoms with Crippen LogP contribution in [0.4, 0.5) is 0 Å². The second kappa shape index (κ2) is 7.68. The number of fused-ring (bicyclic) bond motifs is 1. The molecule has 0 aromatic heterocycles. The summed E-state index contributed by atoms with van der Waals surface area (Å²) in [7, 11) is 2.20. The van der Waals surface area contributed by atoms with Crippen molar-refractivity contribution in [3.8, 4) is 5.75 Å². The molecule has 0 radical (unpaired) electrons. The van der Waals surface area contributed by atoms with Gasteiger partial charge in [0.05, 0.1) is 12.6 Å². The fraction of sp³-hybridized carbons (Fsp3) is 0.611. The third-order valence-electron chi connectivity index (χ3n) is 4.94. The van der Waals surface area contributed by atoms with Crippen LogP contribution < -0.4 is 15.8 Å². The van der Waals surface area contributed by atoms with Gasteiger partial charge in [-0.15, -0.1) is 0 Å². The van der Waals surface area contributed by atoms with Gasteiger partial charge in [-0.05, 0) is 51.4 Å². The Bertz CT molecular complexity index is 538. The molecule has 1 unspecified atom stereocenters. The molecular weight excluding hydrogens is 288 g/mol. The standard InChI is InChI=1S/C18H28N4O/c1-22-11-7-14(8-12-22)6-10-20-18(19)21-16-9-13-23-17-5-3-2-4-15(16)17/h2-5,14,16H,6-13H2,1H3,(H3,19,20,21). The first-order valence-corrected chi connectivity index (χ1v) is 8.69. The van der Waals surface area contributed by atoms with Gasteiger partial charge in [0.25, 0.3) is 0 Å². The fourth-order valence-corrected chi connectivity index (χ4v) is 3.43. The molecule has 0 spiro atoms. The fourth-order valence-electron chi connectivity index (χ4n) is 3.43. The highest BCUT2D eigenvalue weighted by Crippen LogP contribution is 2.31. The monoisotopic (exact) mass is 316 g/mol. The zero-order valence-corrected chi connectivity index (χ0v) is 14.0. The largest absolute Gasteiger partial charge is 0.493 e. The normalized spacial score (nSPS) is 23.2. The van der Waals surface area contributed by atoms with Crippen LogP contribution in [-0.4, -0.2) is 44.1 Å². The molecule has 0 amide bonds. The van der Waals surface area contributed by atoms with Crippen LogP contribution in [0.15, 0.2) is 29.3 Å². The molecule has 2 heterocycles. The summed E-state index contributed by atoms with van der Waals surface area (Å²) in [6.07, 6.45) is 4.63. The van der Waals surface area contributed by atoms with Gasteiger partial charge < -0.3 is 20.7 Å². The number of hydrogen-bond donors (Lipinski definition) is 2. The van der Waals surface area contributed by atoms with Gasteiger partial charge in [-0.1, -0.05) is 18.2 Å². The van der Waals surface area contributed by atoms with E-state index in [1.807, 2.05) is 18.2 Å². The number of nitrogens with zero attached hydrogens (tertiary/aromatic N) is 2. The van der Waals surface area contributed by atoms with Gasteiger partial charge in [-0.25, -0.2) is 0 Å². The second-order valence-corrected chi connectivity index (χ2v) is 6.67. The Kier molecular flexibility index (Phi) is 5.39. The zero-order valence-electron chi connectivity index (χ0n) is 14.0. The van der Waals surface area contributed by atoms with Crippen molar-refractivity contribution in [2.75, 3.05) is 33.3 Å². The molecule has 0 aliphatic carbocycles. The van der Waals surface area contributed by atoms with Crippen LogP contribution in [0.1, 0.15) is 37.3 Å². The maximum atomic E-state index is 6.09. The Morgan fingerprint density at radius 2 is 2.09 bits per heavy atom. The van der Waals surface area contributed by atoms with E-state index in [2.05, 4.69) is 28.3 Å². The molecule has 1 fully saturated rings. The van der Waals surface area contributed by atoms with Crippen molar-refractivity contribution in [3.63, 3.8) is 0 Å². The number of para-hydroxylation sites is 1. The molecule has 5 heteroatoms. The minimum atomic E-state index is 0.201. The number of rotatable bonds is 4. The van der Waals surface area contributed by atoms with E-state index >= 15 is 0 Å². The van der Waals surface area contributed by atoms with Crippen molar-refractivity contribution in [1.82, 2.24) is 10.2 Å². The van der Waals surface area contributed by atoms with E-state index < -0.39 is 0 Å². The van der Waals surface area contributed by atoms with Gasteiger partial charge in [-0.2, -0.15) is 0 Å². The molecule has 1 saturated heterocycles. The van der Waals surface area contributed by atoms with Crippen LogP contribution >= 0.6 is 0 Å². The molecule has 126 valence electrons. The highest BCUT2D eigenvalue weighted by Gasteiger charge is 2.21. The molecule has 3 N–H and O–H groups in total. The number of piperidine rings is 1. The van der Waals surface area contributed by atoms with Crippen molar-refractivity contribution in [3.05, 3.63) is 29.8 Å². The maximum absolute atomic E-state index is 6.09. The second-order valence-electron chi connectivity index (χ2n) is 6.67. The first-order chi connectivity index (χ1) is 11.2. The number of hydrogen-bond acceptors (Lipinski definition) is 3. The highest BCUT2D eigenvalue weighted by molar-refractivity contribution is 5.78. The lowest BCUT2D eigenvalue weighted by molar-refractivity contribution is 0.214. The van der Waals surface area contributed by atoms with Gasteiger partial charge in [0.15, 0.2) is 5.96 Å². The average molecular weight is 316 g/mol. The van der Waals surface area contributed by atoms with E-state index in [1.165, 1.54) is 31.5 Å². The summed E-state index contributed by atoms with van der Waals surface area (Å²) in [6, 6.07) is 8.34. The third-order valence-corrected chi connectivity index (χ3v) is 4.94. The summed E-state index contributed by atoms with van der Waals surface area (Å²) >= 11 is 0. The average Bonchev–Trinajstić information content (AvgIpc) is 2.57. The molecule has 0 saturated carbocycles. The number of aliphatic imine (C=N–C) groups is 1. The number of ether oxygens (including phenoxy) is 1. The summed E-state index contributed by atoms with van der Waals surface area (Å²) in [5.74, 6) is 2.31. The molecule has 2 aliphatic rings. The van der Waals surface area contributed by atoms with Crippen LogP contribution in [0.25, 0.3) is 0 Å². The molecular formula is C18H28N4O. The van der Waals surface area contributed by atoms with E-state index in [1.54, 1.807) is 0 Å². The quantitative estimate of drug-likeness (QED) is 0.660. The zero-order chi connectivity index (χ0) is 16.1. The molecule has 3 rings (SSSR count). The van der Waals surface area contributed by atoms with E-state index in [4.69, 9.17) is 10.5 Å². The first kappa shape index (κ1) is 16.1. The topological polar surface area (TPSA) is 62.9 Å². The number of benzene rings is 1. The van der Waals surface area contributed by atoms with Crippen LogP contribution in [0.3, 0.4) is 0 Å². The Labute approximate surface area is 138 Å². The summed E-state index contributed by atoms with van der Waals surface area (Å²) in [4.78, 5) is 6.93.